The molecule has 0 radical (unpaired) electrons. The second-order valence-corrected chi connectivity index (χ2v) is 9.87. The van der Waals surface area contributed by atoms with E-state index in [9.17, 15) is 14.4 Å². The Kier molecular flexibility index (Phi) is 5.45. The zero-order chi connectivity index (χ0) is 22.4. The molecule has 1 saturated heterocycles. The molecule has 8 nitrogen and oxygen atoms in total. The van der Waals surface area contributed by atoms with Gasteiger partial charge in [0.25, 0.3) is 5.91 Å². The van der Waals surface area contributed by atoms with Gasteiger partial charge in [-0.2, -0.15) is 0 Å². The zero-order valence-corrected chi connectivity index (χ0v) is 18.5. The Hall–Kier alpha value is -2.61. The third-order valence-electron chi connectivity index (χ3n) is 6.61. The summed E-state index contributed by atoms with van der Waals surface area (Å²) in [5.74, 6) is -1.22. The molecular weight excluding hydrogens is 396 g/mol. The van der Waals surface area contributed by atoms with Crippen molar-refractivity contribution >= 4 is 23.5 Å². The number of rotatable bonds is 5. The molecule has 3 heterocycles. The van der Waals surface area contributed by atoms with Crippen molar-refractivity contribution in [3.8, 4) is 0 Å². The Morgan fingerprint density at radius 1 is 1.26 bits per heavy atom. The van der Waals surface area contributed by atoms with Crippen molar-refractivity contribution < 1.29 is 19.1 Å². The summed E-state index contributed by atoms with van der Waals surface area (Å²) in [5.41, 5.74) is 8.99. The molecule has 1 spiro atoms. The fourth-order valence-electron chi connectivity index (χ4n) is 5.11. The molecule has 2 amide bonds. The first-order valence-corrected chi connectivity index (χ1v) is 11.0. The van der Waals surface area contributed by atoms with Crippen LogP contribution in [0.1, 0.15) is 67.9 Å². The van der Waals surface area contributed by atoms with Gasteiger partial charge in [-0.1, -0.05) is 6.07 Å². The average Bonchev–Trinajstić information content (AvgIpc) is 3.20. The zero-order valence-electron chi connectivity index (χ0n) is 18.5. The van der Waals surface area contributed by atoms with Gasteiger partial charge in [0.1, 0.15) is 11.6 Å². The van der Waals surface area contributed by atoms with Crippen LogP contribution in [0.5, 0.6) is 0 Å². The van der Waals surface area contributed by atoms with E-state index in [1.807, 2.05) is 6.07 Å². The largest absolute Gasteiger partial charge is 0.460 e. The number of hydrogen-bond acceptors (Lipinski definition) is 6. The molecule has 31 heavy (non-hydrogen) atoms. The molecule has 1 fully saturated rings. The Labute approximate surface area is 182 Å². The summed E-state index contributed by atoms with van der Waals surface area (Å²) in [7, 11) is 0. The van der Waals surface area contributed by atoms with Gasteiger partial charge in [0.05, 0.1) is 0 Å². The van der Waals surface area contributed by atoms with E-state index in [1.54, 1.807) is 20.8 Å². The van der Waals surface area contributed by atoms with Crippen LogP contribution in [0.2, 0.25) is 0 Å². The smallest absolute Gasteiger partial charge is 0.306 e. The SMILES string of the molecule is CC(C)(C)OC(=O)CCC(C(N)=O)N1Cc2c(ccc3c2NCC32CCNCC2)C1=O. The number of amides is 2. The highest BCUT2D eigenvalue weighted by atomic mass is 16.6. The van der Waals surface area contributed by atoms with E-state index in [0.29, 0.717) is 12.1 Å². The number of primary amides is 1. The van der Waals surface area contributed by atoms with E-state index in [0.717, 1.165) is 43.7 Å². The first-order chi connectivity index (χ1) is 14.6. The van der Waals surface area contributed by atoms with Crippen LogP contribution < -0.4 is 16.4 Å². The Morgan fingerprint density at radius 3 is 2.61 bits per heavy atom. The lowest BCUT2D eigenvalue weighted by Crippen LogP contribution is -2.45. The third kappa shape index (κ3) is 4.01. The van der Waals surface area contributed by atoms with Crippen molar-refractivity contribution in [1.29, 1.82) is 0 Å². The monoisotopic (exact) mass is 428 g/mol. The highest BCUT2D eigenvalue weighted by Crippen LogP contribution is 2.47. The molecule has 168 valence electrons. The van der Waals surface area contributed by atoms with Gasteiger partial charge >= 0.3 is 5.97 Å². The van der Waals surface area contributed by atoms with Crippen LogP contribution in [-0.2, 0) is 26.3 Å². The molecule has 0 bridgehead atoms. The molecule has 8 heteroatoms. The number of esters is 1. The number of ether oxygens (including phenoxy) is 1. The summed E-state index contributed by atoms with van der Waals surface area (Å²) in [6, 6.07) is 3.11. The van der Waals surface area contributed by atoms with Crippen LogP contribution >= 0.6 is 0 Å². The number of nitrogens with zero attached hydrogens (tertiary/aromatic N) is 1. The maximum atomic E-state index is 13.1. The van der Waals surface area contributed by atoms with Crippen LogP contribution in [0.4, 0.5) is 5.69 Å². The van der Waals surface area contributed by atoms with E-state index in [4.69, 9.17) is 10.5 Å². The van der Waals surface area contributed by atoms with E-state index >= 15 is 0 Å². The predicted octanol–water partition coefficient (Wildman–Crippen LogP) is 1.66. The molecule has 3 aliphatic heterocycles. The number of nitrogens with one attached hydrogen (secondary N) is 2. The van der Waals surface area contributed by atoms with Crippen molar-refractivity contribution in [2.75, 3.05) is 25.0 Å². The predicted molar refractivity (Wildman–Crippen MR) is 117 cm³/mol. The number of benzene rings is 1. The van der Waals surface area contributed by atoms with Gasteiger partial charge in [0, 0.05) is 41.7 Å². The molecule has 1 aromatic carbocycles. The van der Waals surface area contributed by atoms with Crippen LogP contribution in [0.25, 0.3) is 0 Å². The van der Waals surface area contributed by atoms with Crippen LogP contribution in [0.3, 0.4) is 0 Å². The van der Waals surface area contributed by atoms with Crippen molar-refractivity contribution in [2.24, 2.45) is 5.73 Å². The molecule has 1 unspecified atom stereocenters. The van der Waals surface area contributed by atoms with Gasteiger partial charge in [-0.15, -0.1) is 0 Å². The molecule has 4 N–H and O–H groups in total. The van der Waals surface area contributed by atoms with Crippen LogP contribution in [0.15, 0.2) is 12.1 Å². The summed E-state index contributed by atoms with van der Waals surface area (Å²) >= 11 is 0. The summed E-state index contributed by atoms with van der Waals surface area (Å²) in [6.45, 7) is 8.53. The van der Waals surface area contributed by atoms with E-state index in [2.05, 4.69) is 16.7 Å². The van der Waals surface area contributed by atoms with Crippen molar-refractivity contribution in [1.82, 2.24) is 10.2 Å². The van der Waals surface area contributed by atoms with Crippen LogP contribution in [-0.4, -0.2) is 54.0 Å². The Balaban J connectivity index is 1.54. The first kappa shape index (κ1) is 21.6. The van der Waals surface area contributed by atoms with Crippen molar-refractivity contribution in [3.63, 3.8) is 0 Å². The lowest BCUT2D eigenvalue weighted by molar-refractivity contribution is -0.155. The van der Waals surface area contributed by atoms with Crippen molar-refractivity contribution in [3.05, 3.63) is 28.8 Å². The minimum atomic E-state index is -0.850. The van der Waals surface area contributed by atoms with Crippen LogP contribution in [0, 0.1) is 0 Å². The number of carbonyl (C=O) groups is 3. The second-order valence-electron chi connectivity index (χ2n) is 9.87. The molecule has 0 aromatic heterocycles. The number of nitrogens with two attached hydrogens (primary N) is 1. The Morgan fingerprint density at radius 2 is 1.97 bits per heavy atom. The quantitative estimate of drug-likeness (QED) is 0.615. The highest BCUT2D eigenvalue weighted by molar-refractivity contribution is 6.03. The van der Waals surface area contributed by atoms with Gasteiger partial charge in [-0.05, 0) is 64.8 Å². The molecule has 4 rings (SSSR count). The van der Waals surface area contributed by atoms with Crippen molar-refractivity contribution in [2.45, 2.75) is 70.1 Å². The minimum Gasteiger partial charge on any atom is -0.460 e. The number of hydrogen-bond donors (Lipinski definition) is 3. The summed E-state index contributed by atoms with van der Waals surface area (Å²) in [5, 5.41) is 6.97. The molecule has 1 atom stereocenters. The average molecular weight is 429 g/mol. The molecule has 3 aliphatic rings. The van der Waals surface area contributed by atoms with Gasteiger partial charge < -0.3 is 26.0 Å². The fourth-order valence-corrected chi connectivity index (χ4v) is 5.11. The standard InChI is InChI=1S/C23H32N4O4/c1-22(2,3)31-18(28)7-6-17(20(24)29)27-12-15-14(21(27)30)4-5-16-19(15)26-13-23(16)8-10-25-11-9-23/h4-5,17,25-26H,6-13H2,1-3H3,(H2,24,29). The number of piperidine rings is 1. The number of carbonyl (C=O) groups excluding carboxylic acids is 3. The lowest BCUT2D eigenvalue weighted by Gasteiger charge is -2.33. The third-order valence-corrected chi connectivity index (χ3v) is 6.61. The number of anilines is 1. The fraction of sp³-hybridized carbons (Fsp3) is 0.609. The summed E-state index contributed by atoms with van der Waals surface area (Å²) in [4.78, 5) is 39.0. The number of fused-ring (bicyclic) bond motifs is 4. The maximum Gasteiger partial charge on any atom is 0.306 e. The van der Waals surface area contributed by atoms with E-state index < -0.39 is 23.5 Å². The molecule has 1 aromatic rings. The van der Waals surface area contributed by atoms with Gasteiger partial charge in [0.15, 0.2) is 0 Å². The second kappa shape index (κ2) is 7.82. The highest BCUT2D eigenvalue weighted by Gasteiger charge is 2.44. The topological polar surface area (TPSA) is 114 Å². The van der Waals surface area contributed by atoms with Gasteiger partial charge in [-0.25, -0.2) is 0 Å². The summed E-state index contributed by atoms with van der Waals surface area (Å²) in [6.07, 6.45) is 2.29. The molecular formula is C23H32N4O4. The lowest BCUT2D eigenvalue weighted by atomic mass is 9.74. The molecule has 0 saturated carbocycles. The Bertz CT molecular complexity index is 915. The van der Waals surface area contributed by atoms with E-state index in [-0.39, 0.29) is 24.2 Å². The minimum absolute atomic E-state index is 0.0253. The van der Waals surface area contributed by atoms with Gasteiger partial charge in [0.2, 0.25) is 5.91 Å². The van der Waals surface area contributed by atoms with E-state index in [1.165, 1.54) is 10.5 Å². The molecule has 0 aliphatic carbocycles. The normalized spacial score (nSPS) is 20.2. The maximum absolute atomic E-state index is 13.1. The summed E-state index contributed by atoms with van der Waals surface area (Å²) < 4.78 is 5.33. The van der Waals surface area contributed by atoms with Gasteiger partial charge in [-0.3, -0.25) is 14.4 Å². The first-order valence-electron chi connectivity index (χ1n) is 11.0.